The normalized spacial score (nSPS) is 27.9. The van der Waals surface area contributed by atoms with Crippen molar-refractivity contribution in [2.75, 3.05) is 54.1 Å². The Morgan fingerprint density at radius 2 is 1.52 bits per heavy atom. The van der Waals surface area contributed by atoms with Crippen molar-refractivity contribution in [1.82, 2.24) is 9.80 Å². The number of fused-ring (bicyclic) bond motifs is 2. The van der Waals surface area contributed by atoms with Gasteiger partial charge in [0.15, 0.2) is 11.5 Å². The number of benzene rings is 1. The largest absolute Gasteiger partial charge is 0.493 e. The predicted octanol–water partition coefficient (Wildman–Crippen LogP) is 3.04. The third kappa shape index (κ3) is 3.94. The van der Waals surface area contributed by atoms with E-state index < -0.39 is 0 Å². The Kier molecular flexibility index (Phi) is 5.60. The van der Waals surface area contributed by atoms with Gasteiger partial charge in [-0.05, 0) is 48.3 Å². The Balaban J connectivity index is 1.32. The number of hydrogen-bond acceptors (Lipinski definition) is 5. The summed E-state index contributed by atoms with van der Waals surface area (Å²) in [6.45, 7) is 6.77. The molecule has 5 nitrogen and oxygen atoms in total. The van der Waals surface area contributed by atoms with Gasteiger partial charge in [-0.25, -0.2) is 0 Å². The number of hydrogen-bond donors (Lipinski definition) is 0. The summed E-state index contributed by atoms with van der Waals surface area (Å²) < 4.78 is 16.4. The number of ether oxygens (including phenoxy) is 3. The summed E-state index contributed by atoms with van der Waals surface area (Å²) in [4.78, 5) is 5.20. The van der Waals surface area contributed by atoms with Crippen LogP contribution in [0.4, 0.5) is 0 Å². The average Bonchev–Trinajstić information content (AvgIpc) is 3.32. The van der Waals surface area contributed by atoms with E-state index in [-0.39, 0.29) is 0 Å². The standard InChI is InChI=1S/C22H32N2O3/c1-25-20-12-17(13-21(26-2)22(20)27-3)14-23-6-8-24(9-7-23)15-19-11-16-4-5-18(19)10-16/h4-5,12-13,16,18-19H,6-11,14-15H2,1-3H3/t16-,18+,19-/m1/s1. The van der Waals surface area contributed by atoms with Gasteiger partial charge in [-0.1, -0.05) is 12.2 Å². The molecule has 0 aromatic heterocycles. The Labute approximate surface area is 162 Å². The molecule has 2 fully saturated rings. The van der Waals surface area contributed by atoms with Crippen molar-refractivity contribution in [3.8, 4) is 17.2 Å². The van der Waals surface area contributed by atoms with E-state index in [0.29, 0.717) is 5.75 Å². The maximum absolute atomic E-state index is 5.49. The first kappa shape index (κ1) is 18.6. The summed E-state index contributed by atoms with van der Waals surface area (Å²) in [6.07, 6.45) is 7.73. The summed E-state index contributed by atoms with van der Waals surface area (Å²) >= 11 is 0. The van der Waals surface area contributed by atoms with Crippen LogP contribution in [0.25, 0.3) is 0 Å². The van der Waals surface area contributed by atoms with Crippen LogP contribution >= 0.6 is 0 Å². The smallest absolute Gasteiger partial charge is 0.203 e. The Morgan fingerprint density at radius 3 is 2.04 bits per heavy atom. The van der Waals surface area contributed by atoms with Crippen molar-refractivity contribution in [3.05, 3.63) is 29.8 Å². The van der Waals surface area contributed by atoms with E-state index in [1.54, 1.807) is 21.3 Å². The van der Waals surface area contributed by atoms with Gasteiger partial charge >= 0.3 is 0 Å². The molecule has 1 saturated heterocycles. The molecule has 148 valence electrons. The summed E-state index contributed by atoms with van der Waals surface area (Å²) in [6, 6.07) is 4.13. The Bertz CT molecular complexity index is 657. The molecule has 1 heterocycles. The fraction of sp³-hybridized carbons (Fsp3) is 0.636. The number of rotatable bonds is 7. The van der Waals surface area contributed by atoms with Gasteiger partial charge in [0.1, 0.15) is 0 Å². The van der Waals surface area contributed by atoms with E-state index in [2.05, 4.69) is 34.1 Å². The monoisotopic (exact) mass is 372 g/mol. The van der Waals surface area contributed by atoms with Crippen LogP contribution in [0, 0.1) is 17.8 Å². The van der Waals surface area contributed by atoms with Crippen molar-refractivity contribution < 1.29 is 14.2 Å². The topological polar surface area (TPSA) is 34.2 Å². The summed E-state index contributed by atoms with van der Waals surface area (Å²) in [7, 11) is 4.99. The van der Waals surface area contributed by atoms with Gasteiger partial charge < -0.3 is 19.1 Å². The molecule has 0 N–H and O–H groups in total. The zero-order chi connectivity index (χ0) is 18.8. The molecule has 2 aliphatic carbocycles. The second-order valence-corrected chi connectivity index (χ2v) is 8.15. The van der Waals surface area contributed by atoms with Crippen molar-refractivity contribution in [2.24, 2.45) is 17.8 Å². The average molecular weight is 373 g/mol. The van der Waals surface area contributed by atoms with Crippen LogP contribution in [0.5, 0.6) is 17.2 Å². The van der Waals surface area contributed by atoms with Gasteiger partial charge in [0.2, 0.25) is 5.75 Å². The van der Waals surface area contributed by atoms with E-state index >= 15 is 0 Å². The molecule has 3 atom stereocenters. The minimum absolute atomic E-state index is 0.661. The predicted molar refractivity (Wildman–Crippen MR) is 107 cm³/mol. The summed E-state index contributed by atoms with van der Waals surface area (Å²) in [5.41, 5.74) is 1.20. The first-order chi connectivity index (χ1) is 13.2. The zero-order valence-electron chi connectivity index (χ0n) is 16.8. The first-order valence-corrected chi connectivity index (χ1v) is 10.1. The Morgan fingerprint density at radius 1 is 0.852 bits per heavy atom. The van der Waals surface area contributed by atoms with Crippen LogP contribution in [0.15, 0.2) is 24.3 Å². The van der Waals surface area contributed by atoms with Gasteiger partial charge in [-0.2, -0.15) is 0 Å². The third-order valence-corrected chi connectivity index (χ3v) is 6.50. The van der Waals surface area contributed by atoms with E-state index in [1.165, 1.54) is 38.0 Å². The Hall–Kier alpha value is -1.72. The molecule has 2 bridgehead atoms. The van der Waals surface area contributed by atoms with Crippen LogP contribution in [-0.4, -0.2) is 63.9 Å². The van der Waals surface area contributed by atoms with Crippen LogP contribution in [0.2, 0.25) is 0 Å². The SMILES string of the molecule is COc1cc(CN2CCN(C[C@H]3C[C@@H]4C=C[C@H]3C4)CC2)cc(OC)c1OC. The molecule has 5 heteroatoms. The van der Waals surface area contributed by atoms with Crippen molar-refractivity contribution in [2.45, 2.75) is 19.4 Å². The zero-order valence-corrected chi connectivity index (χ0v) is 16.8. The lowest BCUT2D eigenvalue weighted by molar-refractivity contribution is 0.108. The van der Waals surface area contributed by atoms with Gasteiger partial charge in [0, 0.05) is 39.3 Å². The molecule has 1 aliphatic heterocycles. The van der Waals surface area contributed by atoms with E-state index in [9.17, 15) is 0 Å². The molecule has 0 spiro atoms. The highest BCUT2D eigenvalue weighted by Crippen LogP contribution is 2.43. The second-order valence-electron chi connectivity index (χ2n) is 8.15. The molecule has 0 radical (unpaired) electrons. The molecule has 1 aromatic rings. The van der Waals surface area contributed by atoms with Gasteiger partial charge in [-0.3, -0.25) is 4.90 Å². The quantitative estimate of drug-likeness (QED) is 0.687. The fourth-order valence-corrected chi connectivity index (χ4v) is 5.05. The molecular formula is C22H32N2O3. The molecule has 1 saturated carbocycles. The first-order valence-electron chi connectivity index (χ1n) is 10.1. The second kappa shape index (κ2) is 8.11. The van der Waals surface area contributed by atoms with E-state index in [0.717, 1.165) is 48.9 Å². The maximum Gasteiger partial charge on any atom is 0.203 e. The lowest BCUT2D eigenvalue weighted by Crippen LogP contribution is -2.47. The van der Waals surface area contributed by atoms with Gasteiger partial charge in [0.25, 0.3) is 0 Å². The highest BCUT2D eigenvalue weighted by molar-refractivity contribution is 5.53. The lowest BCUT2D eigenvalue weighted by Gasteiger charge is -2.37. The van der Waals surface area contributed by atoms with Crippen molar-refractivity contribution in [1.29, 1.82) is 0 Å². The highest BCUT2D eigenvalue weighted by atomic mass is 16.5. The van der Waals surface area contributed by atoms with Crippen LogP contribution < -0.4 is 14.2 Å². The van der Waals surface area contributed by atoms with Crippen LogP contribution in [-0.2, 0) is 6.54 Å². The molecule has 3 aliphatic rings. The molecule has 0 unspecified atom stereocenters. The van der Waals surface area contributed by atoms with Gasteiger partial charge in [0.05, 0.1) is 21.3 Å². The fourth-order valence-electron chi connectivity index (χ4n) is 5.05. The van der Waals surface area contributed by atoms with E-state index in [4.69, 9.17) is 14.2 Å². The molecule has 4 rings (SSSR count). The van der Waals surface area contributed by atoms with Crippen molar-refractivity contribution in [3.63, 3.8) is 0 Å². The molecule has 1 aromatic carbocycles. The minimum Gasteiger partial charge on any atom is -0.493 e. The lowest BCUT2D eigenvalue weighted by atomic mass is 9.93. The van der Waals surface area contributed by atoms with Crippen molar-refractivity contribution >= 4 is 0 Å². The highest BCUT2D eigenvalue weighted by Gasteiger charge is 2.36. The molecular weight excluding hydrogens is 340 g/mol. The van der Waals surface area contributed by atoms with Crippen LogP contribution in [0.1, 0.15) is 18.4 Å². The molecule has 27 heavy (non-hydrogen) atoms. The summed E-state index contributed by atoms with van der Waals surface area (Å²) in [5, 5.41) is 0. The summed E-state index contributed by atoms with van der Waals surface area (Å²) in [5.74, 6) is 4.74. The number of piperazine rings is 1. The number of methoxy groups -OCH3 is 3. The van der Waals surface area contributed by atoms with E-state index in [1.807, 2.05) is 0 Å². The third-order valence-electron chi connectivity index (χ3n) is 6.50. The maximum atomic E-state index is 5.49. The number of allylic oxidation sites excluding steroid dienone is 2. The van der Waals surface area contributed by atoms with Crippen LogP contribution in [0.3, 0.4) is 0 Å². The van der Waals surface area contributed by atoms with Gasteiger partial charge in [-0.15, -0.1) is 0 Å². The number of nitrogens with zero attached hydrogens (tertiary/aromatic N) is 2. The minimum atomic E-state index is 0.661. The molecule has 0 amide bonds.